The Labute approximate surface area is 167 Å². The number of nitrogen functional groups attached to an aromatic ring is 1. The molecule has 3 heterocycles. The standard InChI is InChI=1S/C20H12ClN5O3/c21-12-6-5-9(7-10(12)18-23-13-3-1-2-4-14(13)24-18)26-15(27)8-11-16(17(26)22)20(29)25-19(11)28/h1-8H,22H2,(H,23,24)(H,25,28,29). The third kappa shape index (κ3) is 2.54. The summed E-state index contributed by atoms with van der Waals surface area (Å²) in [5.74, 6) is -0.866. The number of H-pyrrole nitrogens is 1. The number of fused-ring (bicyclic) bond motifs is 2. The van der Waals surface area contributed by atoms with E-state index in [2.05, 4.69) is 15.3 Å². The monoisotopic (exact) mass is 405 g/mol. The predicted molar refractivity (Wildman–Crippen MR) is 108 cm³/mol. The molecular weight excluding hydrogens is 394 g/mol. The first-order chi connectivity index (χ1) is 13.9. The van der Waals surface area contributed by atoms with Gasteiger partial charge in [0.1, 0.15) is 11.6 Å². The van der Waals surface area contributed by atoms with Crippen molar-refractivity contribution in [3.8, 4) is 17.1 Å². The van der Waals surface area contributed by atoms with Gasteiger partial charge in [-0.2, -0.15) is 0 Å². The normalized spacial score (nSPS) is 13.0. The number of aromatic nitrogens is 3. The number of carbonyl (C=O) groups excluding carboxylic acids is 2. The lowest BCUT2D eigenvalue weighted by molar-refractivity contribution is 0.0880. The van der Waals surface area contributed by atoms with Crippen molar-refractivity contribution in [3.63, 3.8) is 0 Å². The average molecular weight is 406 g/mol. The molecule has 4 N–H and O–H groups in total. The molecule has 142 valence electrons. The Morgan fingerprint density at radius 1 is 0.966 bits per heavy atom. The molecule has 0 atom stereocenters. The number of anilines is 1. The lowest BCUT2D eigenvalue weighted by Gasteiger charge is -2.13. The summed E-state index contributed by atoms with van der Waals surface area (Å²) in [4.78, 5) is 44.3. The second kappa shape index (κ2) is 6.05. The van der Waals surface area contributed by atoms with Gasteiger partial charge in [0, 0.05) is 11.6 Å². The maximum absolute atomic E-state index is 12.7. The quantitative estimate of drug-likeness (QED) is 0.442. The van der Waals surface area contributed by atoms with E-state index in [1.54, 1.807) is 18.2 Å². The highest BCUT2D eigenvalue weighted by Gasteiger charge is 2.32. The lowest BCUT2D eigenvalue weighted by Crippen LogP contribution is -2.24. The minimum Gasteiger partial charge on any atom is -0.384 e. The number of nitrogens with one attached hydrogen (secondary N) is 2. The predicted octanol–water partition coefficient (Wildman–Crippen LogP) is 2.50. The zero-order valence-corrected chi connectivity index (χ0v) is 15.4. The van der Waals surface area contributed by atoms with Gasteiger partial charge >= 0.3 is 0 Å². The van der Waals surface area contributed by atoms with Gasteiger partial charge in [-0.25, -0.2) is 4.98 Å². The Balaban J connectivity index is 1.72. The van der Waals surface area contributed by atoms with Crippen LogP contribution in [-0.4, -0.2) is 26.3 Å². The summed E-state index contributed by atoms with van der Waals surface area (Å²) in [5, 5.41) is 2.57. The van der Waals surface area contributed by atoms with Crippen LogP contribution in [0.2, 0.25) is 5.02 Å². The topological polar surface area (TPSA) is 123 Å². The van der Waals surface area contributed by atoms with Crippen LogP contribution in [0.25, 0.3) is 28.1 Å². The van der Waals surface area contributed by atoms with Crippen LogP contribution < -0.4 is 16.6 Å². The third-order valence-electron chi connectivity index (χ3n) is 4.81. The minimum absolute atomic E-state index is 0.0187. The molecule has 4 aromatic rings. The molecule has 0 aliphatic carbocycles. The summed E-state index contributed by atoms with van der Waals surface area (Å²) in [7, 11) is 0. The molecule has 5 rings (SSSR count). The van der Waals surface area contributed by atoms with E-state index in [0.29, 0.717) is 22.1 Å². The van der Waals surface area contributed by atoms with Crippen molar-refractivity contribution in [1.29, 1.82) is 0 Å². The number of pyridine rings is 1. The zero-order valence-electron chi connectivity index (χ0n) is 14.7. The van der Waals surface area contributed by atoms with Crippen molar-refractivity contribution in [2.45, 2.75) is 0 Å². The van der Waals surface area contributed by atoms with Crippen LogP contribution in [0, 0.1) is 0 Å². The van der Waals surface area contributed by atoms with Gasteiger partial charge in [-0.3, -0.25) is 24.3 Å². The Morgan fingerprint density at radius 2 is 1.76 bits per heavy atom. The highest BCUT2D eigenvalue weighted by Crippen LogP contribution is 2.31. The summed E-state index contributed by atoms with van der Waals surface area (Å²) < 4.78 is 1.17. The smallest absolute Gasteiger partial charge is 0.262 e. The van der Waals surface area contributed by atoms with E-state index in [0.717, 1.165) is 17.1 Å². The van der Waals surface area contributed by atoms with E-state index in [1.165, 1.54) is 4.57 Å². The van der Waals surface area contributed by atoms with Crippen LogP contribution >= 0.6 is 11.6 Å². The van der Waals surface area contributed by atoms with E-state index >= 15 is 0 Å². The Bertz CT molecular complexity index is 1390. The van der Waals surface area contributed by atoms with E-state index in [-0.39, 0.29) is 16.9 Å². The third-order valence-corrected chi connectivity index (χ3v) is 5.14. The summed E-state index contributed by atoms with van der Waals surface area (Å²) >= 11 is 6.37. The van der Waals surface area contributed by atoms with Gasteiger partial charge < -0.3 is 10.7 Å². The number of benzene rings is 2. The number of nitrogens with zero attached hydrogens (tertiary/aromatic N) is 2. The van der Waals surface area contributed by atoms with Gasteiger partial charge in [-0.15, -0.1) is 0 Å². The van der Waals surface area contributed by atoms with E-state index in [9.17, 15) is 14.4 Å². The van der Waals surface area contributed by atoms with Gasteiger partial charge in [0.15, 0.2) is 0 Å². The van der Waals surface area contributed by atoms with Crippen molar-refractivity contribution in [2.24, 2.45) is 0 Å². The maximum atomic E-state index is 12.7. The molecule has 1 aliphatic heterocycles. The molecule has 2 aromatic heterocycles. The number of imidazole rings is 1. The second-order valence-electron chi connectivity index (χ2n) is 6.54. The first-order valence-electron chi connectivity index (χ1n) is 8.60. The highest BCUT2D eigenvalue weighted by molar-refractivity contribution is 6.33. The molecule has 0 unspecified atom stereocenters. The minimum atomic E-state index is -0.639. The lowest BCUT2D eigenvalue weighted by atomic mass is 10.1. The van der Waals surface area contributed by atoms with Crippen molar-refractivity contribution < 1.29 is 9.59 Å². The molecule has 0 radical (unpaired) electrons. The van der Waals surface area contributed by atoms with Crippen molar-refractivity contribution in [1.82, 2.24) is 19.9 Å². The SMILES string of the molecule is Nc1c2c(cc(=O)n1-c1ccc(Cl)c(-c3nc4ccccc4[nH]3)c1)C(=O)NC2=O. The largest absolute Gasteiger partial charge is 0.384 e. The molecule has 2 aromatic carbocycles. The van der Waals surface area contributed by atoms with Gasteiger partial charge in [0.05, 0.1) is 32.9 Å². The molecule has 1 aliphatic rings. The summed E-state index contributed by atoms with van der Waals surface area (Å²) in [5.41, 5.74) is 8.08. The first kappa shape index (κ1) is 17.2. The molecule has 0 saturated heterocycles. The van der Waals surface area contributed by atoms with Gasteiger partial charge in [-0.05, 0) is 30.3 Å². The van der Waals surface area contributed by atoms with Crippen LogP contribution in [0.5, 0.6) is 0 Å². The van der Waals surface area contributed by atoms with Crippen molar-refractivity contribution in [3.05, 3.63) is 75.0 Å². The fourth-order valence-corrected chi connectivity index (χ4v) is 3.67. The fourth-order valence-electron chi connectivity index (χ4n) is 3.46. The Kier molecular flexibility index (Phi) is 3.59. The van der Waals surface area contributed by atoms with E-state index in [1.807, 2.05) is 24.3 Å². The van der Waals surface area contributed by atoms with Crippen LogP contribution in [0.15, 0.2) is 53.3 Å². The number of rotatable bonds is 2. The number of hydrogen-bond donors (Lipinski definition) is 3. The number of aromatic amines is 1. The maximum Gasteiger partial charge on any atom is 0.262 e. The summed E-state index contributed by atoms with van der Waals surface area (Å²) in [6.45, 7) is 0. The number of para-hydroxylation sites is 2. The molecular formula is C20H12ClN5O3. The molecule has 29 heavy (non-hydrogen) atoms. The van der Waals surface area contributed by atoms with Crippen LogP contribution in [0.4, 0.5) is 5.82 Å². The van der Waals surface area contributed by atoms with E-state index < -0.39 is 17.4 Å². The number of hydrogen-bond acceptors (Lipinski definition) is 5. The number of amides is 2. The van der Waals surface area contributed by atoms with Gasteiger partial charge in [0.2, 0.25) is 0 Å². The number of carbonyl (C=O) groups is 2. The fraction of sp³-hybridized carbons (Fsp3) is 0. The van der Waals surface area contributed by atoms with Crippen molar-refractivity contribution in [2.75, 3.05) is 5.73 Å². The molecule has 2 amide bonds. The summed E-state index contributed by atoms with van der Waals surface area (Å²) in [6.07, 6.45) is 0. The van der Waals surface area contributed by atoms with Crippen molar-refractivity contribution >= 4 is 40.3 Å². The first-order valence-corrected chi connectivity index (χ1v) is 8.98. The van der Waals surface area contributed by atoms with Crippen LogP contribution in [-0.2, 0) is 0 Å². The zero-order chi connectivity index (χ0) is 20.3. The van der Waals surface area contributed by atoms with Crippen LogP contribution in [0.3, 0.4) is 0 Å². The molecule has 0 saturated carbocycles. The highest BCUT2D eigenvalue weighted by atomic mass is 35.5. The average Bonchev–Trinajstić information content (AvgIpc) is 3.23. The number of nitrogens with two attached hydrogens (primary N) is 1. The Hall–Kier alpha value is -3.91. The van der Waals surface area contributed by atoms with Gasteiger partial charge in [-0.1, -0.05) is 23.7 Å². The molecule has 8 nitrogen and oxygen atoms in total. The second-order valence-corrected chi connectivity index (χ2v) is 6.95. The van der Waals surface area contributed by atoms with E-state index in [4.69, 9.17) is 17.3 Å². The Morgan fingerprint density at radius 3 is 2.55 bits per heavy atom. The van der Waals surface area contributed by atoms with Crippen LogP contribution in [0.1, 0.15) is 20.7 Å². The van der Waals surface area contributed by atoms with Gasteiger partial charge in [0.25, 0.3) is 17.4 Å². The number of halogens is 1. The molecule has 0 fully saturated rings. The summed E-state index contributed by atoms with van der Waals surface area (Å²) in [6, 6.07) is 13.5. The molecule has 9 heteroatoms. The number of imide groups is 1. The molecule has 0 spiro atoms. The molecule has 0 bridgehead atoms.